The van der Waals surface area contributed by atoms with Crippen molar-refractivity contribution in [3.8, 4) is 0 Å². The van der Waals surface area contributed by atoms with Gasteiger partial charge in [0.25, 0.3) is 0 Å². The van der Waals surface area contributed by atoms with Crippen LogP contribution in [-0.2, 0) is 12.6 Å². The predicted octanol–water partition coefficient (Wildman–Crippen LogP) is 8.20. The van der Waals surface area contributed by atoms with Gasteiger partial charge >= 0.3 is 12.4 Å². The minimum Gasteiger partial charge on any atom is -0.330 e. The van der Waals surface area contributed by atoms with Crippen molar-refractivity contribution in [3.63, 3.8) is 0 Å². The minimum absolute atomic E-state index is 0.0391. The zero-order valence-corrected chi connectivity index (χ0v) is 18.9. The molecule has 0 radical (unpaired) electrons. The first kappa shape index (κ1) is 30.8. The first-order valence-electron chi connectivity index (χ1n) is 10.4. The van der Waals surface area contributed by atoms with Gasteiger partial charge in [0, 0.05) is 12.5 Å². The second kappa shape index (κ2) is 13.7. The second-order valence-electron chi connectivity index (χ2n) is 7.34. The maximum atomic E-state index is 13.9. The Morgan fingerprint density at radius 2 is 1.33 bits per heavy atom. The molecule has 0 saturated heterocycles. The molecule has 0 bridgehead atoms. The average molecular weight is 521 g/mol. The molecule has 1 unspecified atom stereocenters. The average Bonchev–Trinajstić information content (AvgIpc) is 2.80. The number of hydrogen-bond donors (Lipinski definition) is 1. The number of benzene rings is 3. The summed E-state index contributed by atoms with van der Waals surface area (Å²) in [5, 5.41) is 0. The van der Waals surface area contributed by atoms with Gasteiger partial charge in [-0.2, -0.15) is 26.3 Å². The van der Waals surface area contributed by atoms with Crippen molar-refractivity contribution in [2.24, 2.45) is 5.73 Å². The molecular formula is C26H24F9N. The first-order chi connectivity index (χ1) is 16.8. The van der Waals surface area contributed by atoms with E-state index in [4.69, 9.17) is 0 Å². The molecule has 10 heteroatoms. The standard InChI is InChI=1S/C21H14F6.C3H6F3N.C2H4/c22-17-10-15(9-16(12-17)21(25,26)27)18(8-13-4-2-1-3-5-13)14-6-7-19(23)20(24)11-14;4-3(5,6)1-2-7;1-2/h1-7,9-12,18H,8H2;1-2,7H2;1-2H2. The smallest absolute Gasteiger partial charge is 0.330 e. The first-order valence-corrected chi connectivity index (χ1v) is 10.4. The van der Waals surface area contributed by atoms with Crippen molar-refractivity contribution >= 4 is 0 Å². The van der Waals surface area contributed by atoms with Crippen molar-refractivity contribution in [3.05, 3.63) is 120 Å². The normalized spacial score (nSPS) is 12.1. The largest absolute Gasteiger partial charge is 0.416 e. The highest BCUT2D eigenvalue weighted by Crippen LogP contribution is 2.35. The molecule has 0 spiro atoms. The second-order valence-corrected chi connectivity index (χ2v) is 7.34. The highest BCUT2D eigenvalue weighted by molar-refractivity contribution is 5.38. The Labute approximate surface area is 203 Å². The van der Waals surface area contributed by atoms with Crippen molar-refractivity contribution in [1.29, 1.82) is 0 Å². The zero-order valence-electron chi connectivity index (χ0n) is 18.9. The fourth-order valence-electron chi connectivity index (χ4n) is 3.15. The van der Waals surface area contributed by atoms with Gasteiger partial charge in [-0.25, -0.2) is 13.2 Å². The molecule has 0 saturated carbocycles. The van der Waals surface area contributed by atoms with Crippen LogP contribution in [0.2, 0.25) is 0 Å². The Balaban J connectivity index is 0.000000623. The highest BCUT2D eigenvalue weighted by atomic mass is 19.4. The van der Waals surface area contributed by atoms with E-state index >= 15 is 0 Å². The van der Waals surface area contributed by atoms with Crippen molar-refractivity contribution < 1.29 is 39.5 Å². The third-order valence-corrected chi connectivity index (χ3v) is 4.71. The van der Waals surface area contributed by atoms with Crippen LogP contribution in [0.15, 0.2) is 79.9 Å². The van der Waals surface area contributed by atoms with Crippen LogP contribution in [0.5, 0.6) is 0 Å². The maximum Gasteiger partial charge on any atom is 0.416 e. The molecule has 2 N–H and O–H groups in total. The zero-order chi connectivity index (χ0) is 27.5. The predicted molar refractivity (Wildman–Crippen MR) is 121 cm³/mol. The molecular weight excluding hydrogens is 497 g/mol. The molecule has 3 aromatic rings. The van der Waals surface area contributed by atoms with E-state index in [9.17, 15) is 39.5 Å². The molecule has 0 heterocycles. The van der Waals surface area contributed by atoms with Gasteiger partial charge in [0.15, 0.2) is 11.6 Å². The maximum absolute atomic E-state index is 13.9. The van der Waals surface area contributed by atoms with Crippen LogP contribution in [0.1, 0.15) is 34.6 Å². The van der Waals surface area contributed by atoms with E-state index in [1.165, 1.54) is 6.07 Å². The fraction of sp³-hybridized carbons (Fsp3) is 0.231. The number of alkyl halides is 6. The van der Waals surface area contributed by atoms with Crippen LogP contribution < -0.4 is 5.73 Å². The Morgan fingerprint density at radius 3 is 1.81 bits per heavy atom. The Kier molecular flexibility index (Phi) is 11.7. The van der Waals surface area contributed by atoms with Gasteiger partial charge in [0.05, 0.1) is 12.0 Å². The van der Waals surface area contributed by atoms with E-state index in [0.29, 0.717) is 6.07 Å². The van der Waals surface area contributed by atoms with Gasteiger partial charge in [0.1, 0.15) is 5.82 Å². The Bertz CT molecular complexity index is 1080. The molecule has 0 aliphatic rings. The molecule has 196 valence electrons. The summed E-state index contributed by atoms with van der Waals surface area (Å²) >= 11 is 0. The summed E-state index contributed by atoms with van der Waals surface area (Å²) in [4.78, 5) is 0. The lowest BCUT2D eigenvalue weighted by atomic mass is 9.85. The SMILES string of the molecule is C=C.Fc1cc(C(Cc2ccccc2)c2ccc(F)c(F)c2)cc(C(F)(F)F)c1.NCCC(F)(F)F. The minimum atomic E-state index is -4.72. The van der Waals surface area contributed by atoms with Crippen LogP contribution in [0.25, 0.3) is 0 Å². The van der Waals surface area contributed by atoms with E-state index in [2.05, 4.69) is 18.9 Å². The number of rotatable bonds is 5. The molecule has 0 aliphatic carbocycles. The summed E-state index contributed by atoms with van der Waals surface area (Å²) in [5.41, 5.74) is 4.54. The van der Waals surface area contributed by atoms with Crippen LogP contribution in [-0.4, -0.2) is 12.7 Å². The molecule has 3 aromatic carbocycles. The number of halogens is 9. The van der Waals surface area contributed by atoms with Gasteiger partial charge in [-0.05, 0) is 53.4 Å². The molecule has 0 amide bonds. The summed E-state index contributed by atoms with van der Waals surface area (Å²) in [7, 11) is 0. The molecule has 3 rings (SSSR count). The van der Waals surface area contributed by atoms with E-state index < -0.39 is 47.7 Å². The molecule has 0 fully saturated rings. The van der Waals surface area contributed by atoms with Crippen LogP contribution in [0, 0.1) is 17.5 Å². The number of nitrogens with two attached hydrogens (primary N) is 1. The molecule has 0 aromatic heterocycles. The van der Waals surface area contributed by atoms with Crippen LogP contribution in [0.3, 0.4) is 0 Å². The van der Waals surface area contributed by atoms with Gasteiger partial charge in [-0.15, -0.1) is 13.2 Å². The third-order valence-electron chi connectivity index (χ3n) is 4.71. The monoisotopic (exact) mass is 521 g/mol. The van der Waals surface area contributed by atoms with E-state index in [1.807, 2.05) is 0 Å². The van der Waals surface area contributed by atoms with Crippen LogP contribution >= 0.6 is 0 Å². The number of hydrogen-bond acceptors (Lipinski definition) is 1. The Hall–Kier alpha value is -3.27. The van der Waals surface area contributed by atoms with E-state index in [1.54, 1.807) is 30.3 Å². The lowest BCUT2D eigenvalue weighted by Gasteiger charge is -2.20. The summed E-state index contributed by atoms with van der Waals surface area (Å²) in [6.45, 7) is 5.68. The van der Waals surface area contributed by atoms with Gasteiger partial charge in [-0.3, -0.25) is 0 Å². The fourth-order valence-corrected chi connectivity index (χ4v) is 3.15. The highest BCUT2D eigenvalue weighted by Gasteiger charge is 2.32. The van der Waals surface area contributed by atoms with Gasteiger partial charge in [-0.1, -0.05) is 36.4 Å². The quantitative estimate of drug-likeness (QED) is 0.266. The van der Waals surface area contributed by atoms with Crippen molar-refractivity contribution in [2.75, 3.05) is 6.54 Å². The Morgan fingerprint density at radius 1 is 0.722 bits per heavy atom. The summed E-state index contributed by atoms with van der Waals surface area (Å²) in [6.07, 6.45) is -9.48. The molecule has 36 heavy (non-hydrogen) atoms. The van der Waals surface area contributed by atoms with Crippen molar-refractivity contribution in [1.82, 2.24) is 0 Å². The van der Waals surface area contributed by atoms with E-state index in [-0.39, 0.29) is 24.1 Å². The van der Waals surface area contributed by atoms with E-state index in [0.717, 1.165) is 29.8 Å². The van der Waals surface area contributed by atoms with Gasteiger partial charge < -0.3 is 5.73 Å². The third kappa shape index (κ3) is 10.2. The van der Waals surface area contributed by atoms with Crippen LogP contribution in [0.4, 0.5) is 39.5 Å². The van der Waals surface area contributed by atoms with Crippen molar-refractivity contribution in [2.45, 2.75) is 31.1 Å². The molecule has 0 aliphatic heterocycles. The summed E-state index contributed by atoms with van der Waals surface area (Å²) in [6, 6.07) is 14.2. The molecule has 1 atom stereocenters. The summed E-state index contributed by atoms with van der Waals surface area (Å²) in [5.74, 6) is -4.00. The lowest BCUT2D eigenvalue weighted by Crippen LogP contribution is -2.14. The topological polar surface area (TPSA) is 26.0 Å². The summed E-state index contributed by atoms with van der Waals surface area (Å²) < 4.78 is 113. The molecule has 1 nitrogen and oxygen atoms in total. The van der Waals surface area contributed by atoms with Gasteiger partial charge in [0.2, 0.25) is 0 Å². The lowest BCUT2D eigenvalue weighted by molar-refractivity contribution is -0.138.